The first kappa shape index (κ1) is 21.8. The molecule has 1 amide bonds. The molecule has 4 rings (SSSR count). The van der Waals surface area contributed by atoms with Crippen molar-refractivity contribution in [1.29, 1.82) is 0 Å². The summed E-state index contributed by atoms with van der Waals surface area (Å²) in [6.07, 6.45) is 1.62. The highest BCUT2D eigenvalue weighted by atomic mass is 35.5. The van der Waals surface area contributed by atoms with E-state index in [0.29, 0.717) is 33.8 Å². The van der Waals surface area contributed by atoms with Crippen LogP contribution in [0.3, 0.4) is 0 Å². The van der Waals surface area contributed by atoms with Crippen molar-refractivity contribution in [2.75, 3.05) is 12.4 Å². The molecule has 0 saturated heterocycles. The van der Waals surface area contributed by atoms with Crippen LogP contribution in [0, 0.1) is 0 Å². The normalized spacial score (nSPS) is 10.7. The van der Waals surface area contributed by atoms with E-state index >= 15 is 0 Å². The van der Waals surface area contributed by atoms with Gasteiger partial charge in [0.15, 0.2) is 23.1 Å². The standard InChI is InChI=1S/C23H19Cl2N3O4/c1-30-19-8-4-5-9-20(19)31-14-16-10-11-21(32-16)23(29)26-22-18(25)13-28(27-22)12-15-6-2-3-7-17(15)24/h2-11,13H,12,14H2,1H3,(H,26,27,29). The molecule has 9 heteroatoms. The maximum Gasteiger partial charge on any atom is 0.292 e. The van der Waals surface area contributed by atoms with Crippen LogP contribution in [0.15, 0.2) is 71.3 Å². The van der Waals surface area contributed by atoms with Crippen LogP contribution in [-0.4, -0.2) is 22.8 Å². The number of methoxy groups -OCH3 is 1. The molecule has 164 valence electrons. The van der Waals surface area contributed by atoms with Gasteiger partial charge in [0.25, 0.3) is 5.91 Å². The van der Waals surface area contributed by atoms with Crippen LogP contribution in [0.1, 0.15) is 21.9 Å². The minimum atomic E-state index is -0.474. The van der Waals surface area contributed by atoms with Gasteiger partial charge < -0.3 is 19.2 Å². The number of nitrogens with zero attached hydrogens (tertiary/aromatic N) is 2. The minimum absolute atomic E-state index is 0.111. The third-order valence-electron chi connectivity index (χ3n) is 4.56. The fourth-order valence-electron chi connectivity index (χ4n) is 3.00. The molecule has 1 N–H and O–H groups in total. The third-order valence-corrected chi connectivity index (χ3v) is 5.21. The number of halogens is 2. The maximum absolute atomic E-state index is 12.6. The summed E-state index contributed by atoms with van der Waals surface area (Å²) in [4.78, 5) is 12.6. The predicted octanol–water partition coefficient (Wildman–Crippen LogP) is 5.67. The van der Waals surface area contributed by atoms with Crippen molar-refractivity contribution in [2.24, 2.45) is 0 Å². The maximum atomic E-state index is 12.6. The number of amides is 1. The monoisotopic (exact) mass is 471 g/mol. The number of hydrogen-bond donors (Lipinski definition) is 1. The van der Waals surface area contributed by atoms with Gasteiger partial charge in [0.1, 0.15) is 17.4 Å². The van der Waals surface area contributed by atoms with E-state index in [2.05, 4.69) is 10.4 Å². The van der Waals surface area contributed by atoms with E-state index < -0.39 is 5.91 Å². The van der Waals surface area contributed by atoms with E-state index in [9.17, 15) is 4.79 Å². The number of nitrogens with one attached hydrogen (secondary N) is 1. The van der Waals surface area contributed by atoms with Crippen molar-refractivity contribution < 1.29 is 18.7 Å². The number of hydrogen-bond acceptors (Lipinski definition) is 5. The first-order chi connectivity index (χ1) is 15.5. The highest BCUT2D eigenvalue weighted by Crippen LogP contribution is 2.27. The molecule has 0 aliphatic rings. The first-order valence-corrected chi connectivity index (χ1v) is 10.4. The zero-order valence-electron chi connectivity index (χ0n) is 17.0. The van der Waals surface area contributed by atoms with Crippen molar-refractivity contribution in [3.63, 3.8) is 0 Å². The molecule has 0 unspecified atom stereocenters. The average Bonchev–Trinajstić information content (AvgIpc) is 3.41. The van der Waals surface area contributed by atoms with Crippen molar-refractivity contribution in [3.05, 3.63) is 94.0 Å². The van der Waals surface area contributed by atoms with Crippen LogP contribution in [0.2, 0.25) is 10.0 Å². The van der Waals surface area contributed by atoms with Gasteiger partial charge in [0.05, 0.1) is 13.7 Å². The van der Waals surface area contributed by atoms with Crippen molar-refractivity contribution in [3.8, 4) is 11.5 Å². The lowest BCUT2D eigenvalue weighted by Gasteiger charge is -2.08. The van der Waals surface area contributed by atoms with Gasteiger partial charge in [-0.3, -0.25) is 9.48 Å². The Labute approximate surface area is 194 Å². The average molecular weight is 472 g/mol. The van der Waals surface area contributed by atoms with E-state index in [1.807, 2.05) is 30.3 Å². The minimum Gasteiger partial charge on any atom is -0.493 e. The van der Waals surface area contributed by atoms with E-state index in [-0.39, 0.29) is 18.2 Å². The third kappa shape index (κ3) is 5.07. The quantitative estimate of drug-likeness (QED) is 0.358. The van der Waals surface area contributed by atoms with Crippen LogP contribution in [-0.2, 0) is 13.2 Å². The summed E-state index contributed by atoms with van der Waals surface area (Å²) in [5.74, 6) is 1.54. The molecule has 0 aliphatic heterocycles. The van der Waals surface area contributed by atoms with E-state index in [1.54, 1.807) is 48.3 Å². The molecular formula is C23H19Cl2N3O4. The topological polar surface area (TPSA) is 78.5 Å². The summed E-state index contributed by atoms with van der Waals surface area (Å²) in [5, 5.41) is 7.92. The molecule has 0 atom stereocenters. The van der Waals surface area contributed by atoms with Crippen LogP contribution in [0.5, 0.6) is 11.5 Å². The van der Waals surface area contributed by atoms with Crippen molar-refractivity contribution >= 4 is 34.9 Å². The Balaban J connectivity index is 1.39. The van der Waals surface area contributed by atoms with Crippen LogP contribution >= 0.6 is 23.2 Å². The van der Waals surface area contributed by atoms with Crippen LogP contribution < -0.4 is 14.8 Å². The van der Waals surface area contributed by atoms with E-state index in [1.165, 1.54) is 0 Å². The molecular weight excluding hydrogens is 453 g/mol. The van der Waals surface area contributed by atoms with Gasteiger partial charge in [-0.1, -0.05) is 53.5 Å². The Morgan fingerprint density at radius 1 is 1.03 bits per heavy atom. The van der Waals surface area contributed by atoms with Crippen LogP contribution in [0.4, 0.5) is 5.82 Å². The SMILES string of the molecule is COc1ccccc1OCc1ccc(C(=O)Nc2nn(Cc3ccccc3Cl)cc2Cl)o1. The fourth-order valence-corrected chi connectivity index (χ4v) is 3.39. The van der Waals surface area contributed by atoms with Gasteiger partial charge in [0.2, 0.25) is 0 Å². The Kier molecular flexibility index (Phi) is 6.68. The largest absolute Gasteiger partial charge is 0.493 e. The van der Waals surface area contributed by atoms with E-state index in [4.69, 9.17) is 37.1 Å². The molecule has 4 aromatic rings. The smallest absolute Gasteiger partial charge is 0.292 e. The first-order valence-electron chi connectivity index (χ1n) is 9.65. The number of aromatic nitrogens is 2. The molecule has 0 aliphatic carbocycles. The summed E-state index contributed by atoms with van der Waals surface area (Å²) in [6.45, 7) is 0.557. The lowest BCUT2D eigenvalue weighted by molar-refractivity contribution is 0.0992. The van der Waals surface area contributed by atoms with Crippen molar-refractivity contribution in [1.82, 2.24) is 9.78 Å². The molecule has 0 bridgehead atoms. The molecule has 0 saturated carbocycles. The zero-order valence-corrected chi connectivity index (χ0v) is 18.6. The highest BCUT2D eigenvalue weighted by molar-refractivity contribution is 6.33. The summed E-state index contributed by atoms with van der Waals surface area (Å²) in [5.41, 5.74) is 0.886. The fraction of sp³-hybridized carbons (Fsp3) is 0.130. The van der Waals surface area contributed by atoms with E-state index in [0.717, 1.165) is 5.56 Å². The Hall–Kier alpha value is -3.42. The molecule has 0 spiro atoms. The van der Waals surface area contributed by atoms with Gasteiger partial charge in [-0.05, 0) is 35.9 Å². The van der Waals surface area contributed by atoms with Crippen molar-refractivity contribution in [2.45, 2.75) is 13.2 Å². The van der Waals surface area contributed by atoms with Gasteiger partial charge in [-0.25, -0.2) is 0 Å². The number of carbonyl (C=O) groups excluding carboxylic acids is 1. The molecule has 2 aromatic carbocycles. The Morgan fingerprint density at radius 3 is 2.56 bits per heavy atom. The molecule has 0 radical (unpaired) electrons. The number of ether oxygens (including phenoxy) is 2. The second-order valence-electron chi connectivity index (χ2n) is 6.77. The summed E-state index contributed by atoms with van der Waals surface area (Å²) >= 11 is 12.4. The number of furan rings is 1. The predicted molar refractivity (Wildman–Crippen MR) is 122 cm³/mol. The molecule has 2 aromatic heterocycles. The number of anilines is 1. The summed E-state index contributed by atoms with van der Waals surface area (Å²) < 4.78 is 18.2. The Morgan fingerprint density at radius 2 is 1.78 bits per heavy atom. The molecule has 32 heavy (non-hydrogen) atoms. The second-order valence-corrected chi connectivity index (χ2v) is 7.59. The van der Waals surface area contributed by atoms with Crippen LogP contribution in [0.25, 0.3) is 0 Å². The number of carbonyl (C=O) groups is 1. The summed E-state index contributed by atoms with van der Waals surface area (Å²) in [6, 6.07) is 17.9. The zero-order chi connectivity index (χ0) is 22.5. The molecule has 0 fully saturated rings. The second kappa shape index (κ2) is 9.80. The number of rotatable bonds is 8. The van der Waals surface area contributed by atoms with Gasteiger partial charge >= 0.3 is 0 Å². The van der Waals surface area contributed by atoms with Gasteiger partial charge in [-0.15, -0.1) is 0 Å². The summed E-state index contributed by atoms with van der Waals surface area (Å²) in [7, 11) is 1.57. The lowest BCUT2D eigenvalue weighted by atomic mass is 10.2. The number of para-hydroxylation sites is 2. The highest BCUT2D eigenvalue weighted by Gasteiger charge is 2.16. The molecule has 7 nitrogen and oxygen atoms in total. The Bertz CT molecular complexity index is 1240. The number of benzene rings is 2. The van der Waals surface area contributed by atoms with Gasteiger partial charge in [0, 0.05) is 11.2 Å². The molecule has 2 heterocycles. The van der Waals surface area contributed by atoms with Gasteiger partial charge in [-0.2, -0.15) is 5.10 Å². The lowest BCUT2D eigenvalue weighted by Crippen LogP contribution is -2.12.